The standard InChI is InChI=1S/C13H16ClNO3/c1-9(7-13(17)18-2)15-12(16)8-10-5-3-4-6-11(10)14/h3-6,9H,7-8H2,1-2H3,(H,15,16). The van der Waals surface area contributed by atoms with Gasteiger partial charge in [-0.25, -0.2) is 0 Å². The highest BCUT2D eigenvalue weighted by atomic mass is 35.5. The van der Waals surface area contributed by atoms with Crippen molar-refractivity contribution in [2.75, 3.05) is 7.11 Å². The molecule has 1 aromatic rings. The van der Waals surface area contributed by atoms with Crippen LogP contribution in [-0.2, 0) is 20.7 Å². The minimum Gasteiger partial charge on any atom is -0.469 e. The molecule has 1 amide bonds. The Morgan fingerprint density at radius 2 is 2.06 bits per heavy atom. The fraction of sp³-hybridized carbons (Fsp3) is 0.385. The largest absolute Gasteiger partial charge is 0.469 e. The maximum atomic E-state index is 11.7. The topological polar surface area (TPSA) is 55.4 Å². The molecule has 0 saturated carbocycles. The lowest BCUT2D eigenvalue weighted by Gasteiger charge is -2.12. The first-order chi connectivity index (χ1) is 8.52. The van der Waals surface area contributed by atoms with E-state index in [-0.39, 0.29) is 30.8 Å². The third-order valence-electron chi connectivity index (χ3n) is 2.42. The zero-order valence-corrected chi connectivity index (χ0v) is 11.2. The summed E-state index contributed by atoms with van der Waals surface area (Å²) in [7, 11) is 1.32. The Hall–Kier alpha value is -1.55. The monoisotopic (exact) mass is 269 g/mol. The van der Waals surface area contributed by atoms with Gasteiger partial charge in [0.05, 0.1) is 20.0 Å². The maximum absolute atomic E-state index is 11.7. The molecule has 4 nitrogen and oxygen atoms in total. The summed E-state index contributed by atoms with van der Waals surface area (Å²) < 4.78 is 4.53. The van der Waals surface area contributed by atoms with Gasteiger partial charge in [0.1, 0.15) is 0 Å². The number of halogens is 1. The molecule has 0 heterocycles. The van der Waals surface area contributed by atoms with Crippen molar-refractivity contribution in [3.8, 4) is 0 Å². The Labute approximate surface area is 111 Å². The summed E-state index contributed by atoms with van der Waals surface area (Å²) in [6, 6.07) is 6.91. The van der Waals surface area contributed by atoms with Crippen molar-refractivity contribution >= 4 is 23.5 Å². The molecule has 0 spiro atoms. The number of hydrogen-bond donors (Lipinski definition) is 1. The van der Waals surface area contributed by atoms with E-state index in [1.54, 1.807) is 19.1 Å². The van der Waals surface area contributed by atoms with Crippen LogP contribution in [0.1, 0.15) is 18.9 Å². The first kappa shape index (κ1) is 14.5. The lowest BCUT2D eigenvalue weighted by atomic mass is 10.1. The van der Waals surface area contributed by atoms with E-state index in [1.807, 2.05) is 12.1 Å². The van der Waals surface area contributed by atoms with Gasteiger partial charge >= 0.3 is 5.97 Å². The fourth-order valence-electron chi connectivity index (χ4n) is 1.52. The number of benzene rings is 1. The number of esters is 1. The SMILES string of the molecule is COC(=O)CC(C)NC(=O)Cc1ccccc1Cl. The van der Waals surface area contributed by atoms with Crippen LogP contribution in [0.3, 0.4) is 0 Å². The van der Waals surface area contributed by atoms with Gasteiger partial charge in [-0.2, -0.15) is 0 Å². The van der Waals surface area contributed by atoms with Gasteiger partial charge in [-0.1, -0.05) is 29.8 Å². The predicted molar refractivity (Wildman–Crippen MR) is 69.4 cm³/mol. The second-order valence-electron chi connectivity index (χ2n) is 4.02. The molecule has 0 saturated heterocycles. The van der Waals surface area contributed by atoms with E-state index in [1.165, 1.54) is 7.11 Å². The molecule has 18 heavy (non-hydrogen) atoms. The average Bonchev–Trinajstić information content (AvgIpc) is 2.31. The molecule has 98 valence electrons. The van der Waals surface area contributed by atoms with Gasteiger partial charge in [-0.3, -0.25) is 9.59 Å². The van der Waals surface area contributed by atoms with E-state index >= 15 is 0 Å². The molecule has 0 aliphatic heterocycles. The van der Waals surface area contributed by atoms with Gasteiger partial charge in [0.15, 0.2) is 0 Å². The molecule has 1 atom stereocenters. The van der Waals surface area contributed by atoms with Crippen LogP contribution in [0.2, 0.25) is 5.02 Å². The molecule has 1 unspecified atom stereocenters. The van der Waals surface area contributed by atoms with Gasteiger partial charge in [0, 0.05) is 11.1 Å². The van der Waals surface area contributed by atoms with Crippen molar-refractivity contribution in [2.24, 2.45) is 0 Å². The normalized spacial score (nSPS) is 11.7. The highest BCUT2D eigenvalue weighted by molar-refractivity contribution is 6.31. The molecule has 1 aromatic carbocycles. The zero-order chi connectivity index (χ0) is 13.5. The molecule has 0 aromatic heterocycles. The molecule has 0 radical (unpaired) electrons. The van der Waals surface area contributed by atoms with Gasteiger partial charge in [-0.15, -0.1) is 0 Å². The van der Waals surface area contributed by atoms with Gasteiger partial charge in [0.25, 0.3) is 0 Å². The van der Waals surface area contributed by atoms with Crippen LogP contribution in [0.25, 0.3) is 0 Å². The van der Waals surface area contributed by atoms with Crippen LogP contribution in [0.4, 0.5) is 0 Å². The van der Waals surface area contributed by atoms with Crippen molar-refractivity contribution in [1.82, 2.24) is 5.32 Å². The number of amides is 1. The third kappa shape index (κ3) is 4.75. The van der Waals surface area contributed by atoms with Crippen molar-refractivity contribution in [3.63, 3.8) is 0 Å². The Balaban J connectivity index is 2.47. The Kier molecular flexibility index (Phi) is 5.65. The van der Waals surface area contributed by atoms with Crippen molar-refractivity contribution in [3.05, 3.63) is 34.9 Å². The van der Waals surface area contributed by atoms with E-state index < -0.39 is 0 Å². The summed E-state index contributed by atoms with van der Waals surface area (Å²) in [4.78, 5) is 22.7. The Bertz CT molecular complexity index is 434. The fourth-order valence-corrected chi connectivity index (χ4v) is 1.73. The third-order valence-corrected chi connectivity index (χ3v) is 2.79. The lowest BCUT2D eigenvalue weighted by molar-refractivity contribution is -0.141. The molecule has 0 aliphatic rings. The second kappa shape index (κ2) is 7.01. The summed E-state index contributed by atoms with van der Waals surface area (Å²) in [6.07, 6.45) is 0.357. The van der Waals surface area contributed by atoms with Crippen molar-refractivity contribution in [1.29, 1.82) is 0 Å². The maximum Gasteiger partial charge on any atom is 0.307 e. The number of hydrogen-bond acceptors (Lipinski definition) is 3. The number of carbonyl (C=O) groups is 2. The second-order valence-corrected chi connectivity index (χ2v) is 4.42. The van der Waals surface area contributed by atoms with E-state index in [2.05, 4.69) is 10.1 Å². The smallest absolute Gasteiger partial charge is 0.307 e. The van der Waals surface area contributed by atoms with E-state index in [0.29, 0.717) is 5.02 Å². The minimum absolute atomic E-state index is 0.158. The molecule has 0 aliphatic carbocycles. The van der Waals surface area contributed by atoms with Crippen LogP contribution in [0.15, 0.2) is 24.3 Å². The van der Waals surface area contributed by atoms with Crippen LogP contribution in [0, 0.1) is 0 Å². The number of rotatable bonds is 5. The molecule has 1 N–H and O–H groups in total. The van der Waals surface area contributed by atoms with Crippen molar-refractivity contribution < 1.29 is 14.3 Å². The van der Waals surface area contributed by atoms with E-state index in [0.717, 1.165) is 5.56 Å². The van der Waals surface area contributed by atoms with Crippen LogP contribution >= 0.6 is 11.6 Å². The number of carbonyl (C=O) groups excluding carboxylic acids is 2. The summed E-state index contributed by atoms with van der Waals surface area (Å²) in [6.45, 7) is 1.75. The summed E-state index contributed by atoms with van der Waals surface area (Å²) in [5.74, 6) is -0.514. The zero-order valence-electron chi connectivity index (χ0n) is 10.4. The quantitative estimate of drug-likeness (QED) is 0.832. The molecule has 0 bridgehead atoms. The van der Waals surface area contributed by atoms with Crippen LogP contribution in [0.5, 0.6) is 0 Å². The minimum atomic E-state index is -0.347. The average molecular weight is 270 g/mol. The van der Waals surface area contributed by atoms with Gasteiger partial charge in [0.2, 0.25) is 5.91 Å². The molecule has 5 heteroatoms. The molecular weight excluding hydrogens is 254 g/mol. The summed E-state index contributed by atoms with van der Waals surface area (Å²) >= 11 is 5.96. The summed E-state index contributed by atoms with van der Waals surface area (Å²) in [5, 5.41) is 3.29. The lowest BCUT2D eigenvalue weighted by Crippen LogP contribution is -2.35. The number of nitrogens with one attached hydrogen (secondary N) is 1. The van der Waals surface area contributed by atoms with Gasteiger partial charge < -0.3 is 10.1 Å². The predicted octanol–water partition coefficient (Wildman–Crippen LogP) is 1.95. The highest BCUT2D eigenvalue weighted by Gasteiger charge is 2.13. The molecule has 1 rings (SSSR count). The summed E-state index contributed by atoms with van der Waals surface area (Å²) in [5.41, 5.74) is 0.766. The number of ether oxygens (including phenoxy) is 1. The molecule has 0 fully saturated rings. The van der Waals surface area contributed by atoms with Crippen LogP contribution in [-0.4, -0.2) is 25.0 Å². The number of methoxy groups -OCH3 is 1. The Morgan fingerprint density at radius 3 is 2.67 bits per heavy atom. The van der Waals surface area contributed by atoms with Crippen molar-refractivity contribution in [2.45, 2.75) is 25.8 Å². The Morgan fingerprint density at radius 1 is 1.39 bits per heavy atom. The first-order valence-electron chi connectivity index (χ1n) is 5.62. The van der Waals surface area contributed by atoms with Gasteiger partial charge in [-0.05, 0) is 18.6 Å². The van der Waals surface area contributed by atoms with E-state index in [9.17, 15) is 9.59 Å². The molecular formula is C13H16ClNO3. The van der Waals surface area contributed by atoms with Crippen LogP contribution < -0.4 is 5.32 Å². The first-order valence-corrected chi connectivity index (χ1v) is 6.00. The highest BCUT2D eigenvalue weighted by Crippen LogP contribution is 2.15. The van der Waals surface area contributed by atoms with E-state index in [4.69, 9.17) is 11.6 Å².